The van der Waals surface area contributed by atoms with Crippen LogP contribution in [0.3, 0.4) is 0 Å². The van der Waals surface area contributed by atoms with Gasteiger partial charge < -0.3 is 20.9 Å². The van der Waals surface area contributed by atoms with Gasteiger partial charge in [0.15, 0.2) is 0 Å². The lowest BCUT2D eigenvalue weighted by atomic mass is 9.75. The van der Waals surface area contributed by atoms with Crippen LogP contribution in [0, 0.1) is 17.8 Å². The zero-order valence-electron chi connectivity index (χ0n) is 24.4. The number of rotatable bonds is 13. The monoisotopic (exact) mass is 535 g/mol. The number of likely N-dealkylation sites (N-methyl/N-ethyl adjacent to an activating group) is 1. The molecular formula is C29H54FN7O. The Labute approximate surface area is 230 Å². The molecule has 0 aromatic rings. The summed E-state index contributed by atoms with van der Waals surface area (Å²) in [6, 6.07) is 0.418. The Morgan fingerprint density at radius 2 is 1.95 bits per heavy atom. The van der Waals surface area contributed by atoms with Crippen LogP contribution in [0.5, 0.6) is 0 Å². The van der Waals surface area contributed by atoms with E-state index >= 15 is 0 Å². The Morgan fingerprint density at radius 1 is 1.18 bits per heavy atom. The summed E-state index contributed by atoms with van der Waals surface area (Å²) >= 11 is 0. The average molecular weight is 536 g/mol. The fraction of sp³-hybridized carbons (Fsp3) is 0.897. The lowest BCUT2D eigenvalue weighted by molar-refractivity contribution is -0.133. The van der Waals surface area contributed by atoms with Crippen LogP contribution < -0.4 is 21.8 Å². The molecule has 0 aliphatic carbocycles. The van der Waals surface area contributed by atoms with Crippen LogP contribution >= 0.6 is 0 Å². The molecule has 0 saturated carbocycles. The van der Waals surface area contributed by atoms with Crippen molar-refractivity contribution in [1.82, 2.24) is 30.9 Å². The van der Waals surface area contributed by atoms with E-state index in [4.69, 9.17) is 5.73 Å². The third-order valence-electron chi connectivity index (χ3n) is 9.74. The molecule has 9 heteroatoms. The summed E-state index contributed by atoms with van der Waals surface area (Å²) in [7, 11) is 2.20. The van der Waals surface area contributed by atoms with Gasteiger partial charge in [0.25, 0.3) is 0 Å². The molecule has 3 fully saturated rings. The number of likely N-dealkylation sites (tertiary alicyclic amines) is 2. The number of carbonyl (C=O) groups is 1. The highest BCUT2D eigenvalue weighted by Crippen LogP contribution is 2.43. The van der Waals surface area contributed by atoms with Crippen molar-refractivity contribution in [1.29, 1.82) is 0 Å². The fourth-order valence-corrected chi connectivity index (χ4v) is 7.86. The molecule has 4 aliphatic rings. The molecule has 1 amide bonds. The van der Waals surface area contributed by atoms with Gasteiger partial charge in [0.2, 0.25) is 5.91 Å². The van der Waals surface area contributed by atoms with Gasteiger partial charge >= 0.3 is 0 Å². The number of amides is 1. The number of carbonyl (C=O) groups excluding carboxylic acids is 1. The molecule has 0 bridgehead atoms. The van der Waals surface area contributed by atoms with Crippen molar-refractivity contribution in [2.75, 3.05) is 39.8 Å². The first kappa shape index (κ1) is 29.7. The third-order valence-corrected chi connectivity index (χ3v) is 9.74. The number of hydrogen-bond donors (Lipinski definition) is 4. The van der Waals surface area contributed by atoms with Gasteiger partial charge in [-0.15, -0.1) is 0 Å². The molecule has 38 heavy (non-hydrogen) atoms. The molecule has 0 spiro atoms. The summed E-state index contributed by atoms with van der Waals surface area (Å²) in [6.07, 6.45) is 12.5. The van der Waals surface area contributed by atoms with Gasteiger partial charge in [0.05, 0.1) is 25.0 Å². The van der Waals surface area contributed by atoms with Crippen LogP contribution in [0.4, 0.5) is 4.39 Å². The van der Waals surface area contributed by atoms with Gasteiger partial charge in [-0.1, -0.05) is 59.3 Å². The molecule has 0 aromatic heterocycles. The van der Waals surface area contributed by atoms with Gasteiger partial charge in [-0.05, 0) is 57.7 Å². The molecule has 5 N–H and O–H groups in total. The second-order valence-corrected chi connectivity index (χ2v) is 12.3. The molecule has 218 valence electrons. The summed E-state index contributed by atoms with van der Waals surface area (Å²) in [5.74, 6) is -0.0449. The van der Waals surface area contributed by atoms with Crippen LogP contribution in [-0.2, 0) is 4.79 Å². The van der Waals surface area contributed by atoms with Crippen LogP contribution in [0.15, 0.2) is 12.0 Å². The molecule has 4 rings (SSSR count). The first-order chi connectivity index (χ1) is 18.3. The smallest absolute Gasteiger partial charge is 0.230 e. The van der Waals surface area contributed by atoms with Gasteiger partial charge in [-0.25, -0.2) is 9.82 Å². The Morgan fingerprint density at radius 3 is 2.68 bits per heavy atom. The highest BCUT2D eigenvalue weighted by molar-refractivity contribution is 5.82. The van der Waals surface area contributed by atoms with E-state index in [9.17, 15) is 9.18 Å². The fourth-order valence-electron chi connectivity index (χ4n) is 7.86. The van der Waals surface area contributed by atoms with E-state index in [0.717, 1.165) is 51.9 Å². The number of nitrogens with zero attached hydrogens (tertiary/aromatic N) is 3. The van der Waals surface area contributed by atoms with Gasteiger partial charge in [0, 0.05) is 19.1 Å². The van der Waals surface area contributed by atoms with Crippen molar-refractivity contribution in [2.45, 2.75) is 109 Å². The van der Waals surface area contributed by atoms with E-state index in [0.29, 0.717) is 12.0 Å². The average Bonchev–Trinajstić information content (AvgIpc) is 3.41. The minimum atomic E-state index is -0.738. The first-order valence-electron chi connectivity index (χ1n) is 15.5. The Bertz CT molecular complexity index is 812. The van der Waals surface area contributed by atoms with Crippen molar-refractivity contribution < 1.29 is 9.18 Å². The van der Waals surface area contributed by atoms with Crippen LogP contribution in [0.1, 0.15) is 85.0 Å². The molecule has 7 unspecified atom stereocenters. The predicted molar refractivity (Wildman–Crippen MR) is 151 cm³/mol. The van der Waals surface area contributed by atoms with Gasteiger partial charge in [-0.3, -0.25) is 15.1 Å². The molecule has 3 saturated heterocycles. The van der Waals surface area contributed by atoms with Gasteiger partial charge in [-0.2, -0.15) is 0 Å². The second kappa shape index (κ2) is 13.4. The summed E-state index contributed by atoms with van der Waals surface area (Å²) in [5.41, 5.74) is 9.14. The lowest BCUT2D eigenvalue weighted by Gasteiger charge is -2.49. The van der Waals surface area contributed by atoms with Crippen LogP contribution in [0.2, 0.25) is 0 Å². The van der Waals surface area contributed by atoms with Gasteiger partial charge in [0.1, 0.15) is 17.4 Å². The van der Waals surface area contributed by atoms with Crippen molar-refractivity contribution >= 4 is 5.91 Å². The molecular weight excluding hydrogens is 481 g/mol. The Hall–Kier alpha value is -1.26. The van der Waals surface area contributed by atoms with Crippen molar-refractivity contribution in [3.8, 4) is 0 Å². The number of unbranched alkanes of at least 4 members (excludes halogenated alkanes) is 5. The molecule has 7 atom stereocenters. The predicted octanol–water partition coefficient (Wildman–Crippen LogP) is 3.13. The van der Waals surface area contributed by atoms with E-state index < -0.39 is 17.7 Å². The largest absolute Gasteiger partial charge is 0.350 e. The molecule has 0 aromatic carbocycles. The first-order valence-corrected chi connectivity index (χ1v) is 15.5. The van der Waals surface area contributed by atoms with E-state index in [1.165, 1.54) is 44.7 Å². The standard InChI is InChI=1S/C29H54FN7O/c1-5-8-10-11-12-15-36-18-21-14-16-35(4)26(21)24(20-36)33-28(38)25-27(31)34-37-19-23(30)17-32-29(25,37)22(7-3)13-9-6-2/h19,21-22,24-27,32,34H,5-18,20,31H2,1-4H3,(H,33,38). The summed E-state index contributed by atoms with van der Waals surface area (Å²) in [5, 5.41) is 8.77. The maximum absolute atomic E-state index is 14.4. The number of hydrogen-bond acceptors (Lipinski definition) is 7. The SMILES string of the molecule is CCCCCCCN1CC2CCN(C)C2C(NC(=O)C2C(N)NN3C=C(F)CNC23C(CC)CCCC)C1. The van der Waals surface area contributed by atoms with Crippen molar-refractivity contribution in [2.24, 2.45) is 23.5 Å². The molecule has 8 nitrogen and oxygen atoms in total. The normalized spacial score (nSPS) is 34.6. The maximum Gasteiger partial charge on any atom is 0.230 e. The molecule has 0 radical (unpaired) electrons. The third kappa shape index (κ3) is 6.07. The zero-order chi connectivity index (χ0) is 27.3. The Balaban J connectivity index is 1.52. The summed E-state index contributed by atoms with van der Waals surface area (Å²) in [6.45, 7) is 10.9. The Kier molecular flexibility index (Phi) is 10.5. The maximum atomic E-state index is 14.4. The second-order valence-electron chi connectivity index (χ2n) is 12.3. The van der Waals surface area contributed by atoms with Crippen LogP contribution in [0.25, 0.3) is 0 Å². The zero-order valence-corrected chi connectivity index (χ0v) is 24.4. The minimum absolute atomic E-state index is 0.0143. The number of nitrogens with two attached hydrogens (primary N) is 1. The van der Waals surface area contributed by atoms with Crippen molar-refractivity contribution in [3.05, 3.63) is 12.0 Å². The number of hydrazine groups is 1. The quantitative estimate of drug-likeness (QED) is 0.270. The lowest BCUT2D eigenvalue weighted by Crippen LogP contribution is -2.69. The minimum Gasteiger partial charge on any atom is -0.350 e. The highest BCUT2D eigenvalue weighted by atomic mass is 19.1. The number of nitrogens with one attached hydrogen (secondary N) is 3. The van der Waals surface area contributed by atoms with Crippen LogP contribution in [-0.4, -0.2) is 84.4 Å². The topological polar surface area (TPSA) is 88.9 Å². The number of fused-ring (bicyclic) bond motifs is 2. The number of piperidine rings is 1. The van der Waals surface area contributed by atoms with E-state index in [-0.39, 0.29) is 30.2 Å². The van der Waals surface area contributed by atoms with Crippen molar-refractivity contribution in [3.63, 3.8) is 0 Å². The molecule has 4 aliphatic heterocycles. The highest BCUT2D eigenvalue weighted by Gasteiger charge is 2.60. The summed E-state index contributed by atoms with van der Waals surface area (Å²) < 4.78 is 14.4. The van der Waals surface area contributed by atoms with E-state index in [1.54, 1.807) is 5.01 Å². The molecule has 4 heterocycles. The van der Waals surface area contributed by atoms with E-state index in [1.807, 2.05) is 0 Å². The summed E-state index contributed by atoms with van der Waals surface area (Å²) in [4.78, 5) is 19.3. The number of halogens is 1. The van der Waals surface area contributed by atoms with E-state index in [2.05, 4.69) is 53.7 Å².